The predicted molar refractivity (Wildman–Crippen MR) is 97.4 cm³/mol. The molecule has 0 unspecified atom stereocenters. The van der Waals surface area contributed by atoms with E-state index in [2.05, 4.69) is 21.2 Å². The average molecular weight is 412 g/mol. The topological polar surface area (TPSA) is 72.5 Å². The lowest BCUT2D eigenvalue weighted by Crippen LogP contribution is -2.24. The zero-order valence-corrected chi connectivity index (χ0v) is 15.6. The molecule has 1 amide bonds. The standard InChI is InChI=1S/C17H18BrNO4S/c1-23-10-14-6-2-3-8-16(14)19-17(20)12-24(21,22)11-13-5-4-7-15(18)9-13/h2-9H,10-12H2,1H3,(H,19,20). The summed E-state index contributed by atoms with van der Waals surface area (Å²) in [6.45, 7) is 0.335. The van der Waals surface area contributed by atoms with Gasteiger partial charge in [-0.2, -0.15) is 0 Å². The molecule has 0 saturated heterocycles. The third kappa shape index (κ3) is 5.74. The minimum absolute atomic E-state index is 0.181. The van der Waals surface area contributed by atoms with E-state index in [1.807, 2.05) is 18.2 Å². The number of benzene rings is 2. The Bertz CT molecular complexity index is 821. The van der Waals surface area contributed by atoms with Crippen LogP contribution >= 0.6 is 15.9 Å². The third-order valence-electron chi connectivity index (χ3n) is 3.22. The molecule has 0 spiro atoms. The van der Waals surface area contributed by atoms with Crippen molar-refractivity contribution >= 4 is 37.4 Å². The van der Waals surface area contributed by atoms with Crippen LogP contribution in [-0.2, 0) is 31.7 Å². The number of hydrogen-bond donors (Lipinski definition) is 1. The van der Waals surface area contributed by atoms with Gasteiger partial charge in [-0.05, 0) is 23.8 Å². The SMILES string of the molecule is COCc1ccccc1NC(=O)CS(=O)(=O)Cc1cccc(Br)c1. The maximum Gasteiger partial charge on any atom is 0.239 e. The van der Waals surface area contributed by atoms with E-state index in [4.69, 9.17) is 4.74 Å². The van der Waals surface area contributed by atoms with E-state index in [1.165, 1.54) is 0 Å². The number of rotatable bonds is 7. The number of carbonyl (C=O) groups is 1. The van der Waals surface area contributed by atoms with Gasteiger partial charge >= 0.3 is 0 Å². The molecule has 7 heteroatoms. The lowest BCUT2D eigenvalue weighted by molar-refractivity contribution is -0.113. The van der Waals surface area contributed by atoms with E-state index in [0.717, 1.165) is 10.0 Å². The monoisotopic (exact) mass is 411 g/mol. The van der Waals surface area contributed by atoms with Crippen molar-refractivity contribution in [3.8, 4) is 0 Å². The normalized spacial score (nSPS) is 11.2. The second kappa shape index (κ2) is 8.41. The molecule has 0 aliphatic rings. The van der Waals surface area contributed by atoms with Crippen LogP contribution in [0.2, 0.25) is 0 Å². The third-order valence-corrected chi connectivity index (χ3v) is 5.19. The van der Waals surface area contributed by atoms with E-state index >= 15 is 0 Å². The van der Waals surface area contributed by atoms with E-state index in [9.17, 15) is 13.2 Å². The van der Waals surface area contributed by atoms with Gasteiger partial charge in [0.25, 0.3) is 0 Å². The van der Waals surface area contributed by atoms with Gasteiger partial charge in [-0.15, -0.1) is 0 Å². The Labute approximate surface area is 150 Å². The lowest BCUT2D eigenvalue weighted by Gasteiger charge is -2.11. The van der Waals surface area contributed by atoms with E-state index in [0.29, 0.717) is 17.9 Å². The highest BCUT2D eigenvalue weighted by atomic mass is 79.9. The molecule has 0 fully saturated rings. The van der Waals surface area contributed by atoms with Crippen LogP contribution in [0.4, 0.5) is 5.69 Å². The van der Waals surface area contributed by atoms with Gasteiger partial charge in [-0.3, -0.25) is 4.79 Å². The number of hydrogen-bond acceptors (Lipinski definition) is 4. The van der Waals surface area contributed by atoms with Gasteiger partial charge in [-0.1, -0.05) is 46.3 Å². The van der Waals surface area contributed by atoms with Crippen molar-refractivity contribution in [1.82, 2.24) is 0 Å². The first-order chi connectivity index (χ1) is 11.4. The zero-order valence-electron chi connectivity index (χ0n) is 13.2. The van der Waals surface area contributed by atoms with E-state index in [-0.39, 0.29) is 5.75 Å². The summed E-state index contributed by atoms with van der Waals surface area (Å²) in [6, 6.07) is 14.1. The molecular formula is C17H18BrNO4S. The number of carbonyl (C=O) groups excluding carboxylic acids is 1. The smallest absolute Gasteiger partial charge is 0.239 e. The number of ether oxygens (including phenoxy) is 1. The highest BCUT2D eigenvalue weighted by Gasteiger charge is 2.18. The quantitative estimate of drug-likeness (QED) is 0.759. The molecule has 0 aromatic heterocycles. The highest BCUT2D eigenvalue weighted by molar-refractivity contribution is 9.10. The van der Waals surface area contributed by atoms with Gasteiger partial charge in [-0.25, -0.2) is 8.42 Å². The van der Waals surface area contributed by atoms with Crippen LogP contribution in [0.3, 0.4) is 0 Å². The first-order valence-electron chi connectivity index (χ1n) is 7.21. The molecule has 5 nitrogen and oxygen atoms in total. The molecule has 0 saturated carbocycles. The molecular weight excluding hydrogens is 394 g/mol. The summed E-state index contributed by atoms with van der Waals surface area (Å²) in [5.41, 5.74) is 1.98. The summed E-state index contributed by atoms with van der Waals surface area (Å²) < 4.78 is 30.3. The van der Waals surface area contributed by atoms with Gasteiger partial charge in [0.2, 0.25) is 5.91 Å². The molecule has 0 heterocycles. The Morgan fingerprint density at radius 3 is 2.62 bits per heavy atom. The van der Waals surface area contributed by atoms with Crippen molar-refractivity contribution in [2.45, 2.75) is 12.4 Å². The van der Waals surface area contributed by atoms with Crippen LogP contribution in [0.5, 0.6) is 0 Å². The van der Waals surface area contributed by atoms with Crippen LogP contribution in [-0.4, -0.2) is 27.2 Å². The van der Waals surface area contributed by atoms with Gasteiger partial charge in [0.15, 0.2) is 9.84 Å². The molecule has 0 aliphatic heterocycles. The molecule has 2 rings (SSSR count). The van der Waals surface area contributed by atoms with Crippen LogP contribution in [0.25, 0.3) is 0 Å². The molecule has 0 bridgehead atoms. The summed E-state index contributed by atoms with van der Waals surface area (Å²) in [5, 5.41) is 2.64. The second-order valence-corrected chi connectivity index (χ2v) is 8.28. The Morgan fingerprint density at radius 2 is 1.92 bits per heavy atom. The van der Waals surface area contributed by atoms with Crippen molar-refractivity contribution in [2.24, 2.45) is 0 Å². The van der Waals surface area contributed by atoms with Crippen molar-refractivity contribution < 1.29 is 17.9 Å². The fraction of sp³-hybridized carbons (Fsp3) is 0.235. The number of nitrogens with one attached hydrogen (secondary N) is 1. The second-order valence-electron chi connectivity index (χ2n) is 5.30. The largest absolute Gasteiger partial charge is 0.380 e. The molecule has 0 aliphatic carbocycles. The number of halogens is 1. The first-order valence-corrected chi connectivity index (χ1v) is 9.82. The van der Waals surface area contributed by atoms with Gasteiger partial charge in [0.05, 0.1) is 12.4 Å². The van der Waals surface area contributed by atoms with Gasteiger partial charge < -0.3 is 10.1 Å². The van der Waals surface area contributed by atoms with Crippen molar-refractivity contribution in [1.29, 1.82) is 0 Å². The van der Waals surface area contributed by atoms with E-state index in [1.54, 1.807) is 37.4 Å². The Balaban J connectivity index is 2.03. The molecule has 2 aromatic rings. The van der Waals surface area contributed by atoms with Crippen LogP contribution in [0.1, 0.15) is 11.1 Å². The zero-order chi connectivity index (χ0) is 17.6. The molecule has 128 valence electrons. The Kier molecular flexibility index (Phi) is 6.53. The maximum absolute atomic E-state index is 12.2. The summed E-state index contributed by atoms with van der Waals surface area (Å²) in [5.74, 6) is -1.31. The minimum atomic E-state index is -3.56. The van der Waals surface area contributed by atoms with Gasteiger partial charge in [0, 0.05) is 22.8 Å². The number of para-hydroxylation sites is 1. The van der Waals surface area contributed by atoms with Crippen LogP contribution in [0.15, 0.2) is 53.0 Å². The average Bonchev–Trinajstić information content (AvgIpc) is 2.48. The van der Waals surface area contributed by atoms with Gasteiger partial charge in [0.1, 0.15) is 5.75 Å². The number of sulfone groups is 1. The molecule has 2 aromatic carbocycles. The molecule has 0 atom stereocenters. The molecule has 0 radical (unpaired) electrons. The molecule has 1 N–H and O–H groups in total. The number of amides is 1. The van der Waals surface area contributed by atoms with Crippen LogP contribution in [0, 0.1) is 0 Å². The Hall–Kier alpha value is -1.70. The van der Waals surface area contributed by atoms with Crippen molar-refractivity contribution in [3.05, 3.63) is 64.1 Å². The van der Waals surface area contributed by atoms with Crippen molar-refractivity contribution in [2.75, 3.05) is 18.2 Å². The number of methoxy groups -OCH3 is 1. The molecule has 24 heavy (non-hydrogen) atoms. The summed E-state index contributed by atoms with van der Waals surface area (Å²) in [6.07, 6.45) is 0. The maximum atomic E-state index is 12.2. The predicted octanol–water partition coefficient (Wildman–Crippen LogP) is 3.15. The summed E-state index contributed by atoms with van der Waals surface area (Å²) in [4.78, 5) is 12.1. The Morgan fingerprint density at radius 1 is 1.17 bits per heavy atom. The highest BCUT2D eigenvalue weighted by Crippen LogP contribution is 2.17. The fourth-order valence-corrected chi connectivity index (χ4v) is 3.95. The van der Waals surface area contributed by atoms with Crippen molar-refractivity contribution in [3.63, 3.8) is 0 Å². The fourth-order valence-electron chi connectivity index (χ4n) is 2.24. The first kappa shape index (κ1) is 18.6. The summed E-state index contributed by atoms with van der Waals surface area (Å²) in [7, 11) is -2.00. The summed E-state index contributed by atoms with van der Waals surface area (Å²) >= 11 is 3.30. The van der Waals surface area contributed by atoms with E-state index < -0.39 is 21.5 Å². The lowest BCUT2D eigenvalue weighted by atomic mass is 10.2. The number of anilines is 1. The van der Waals surface area contributed by atoms with Crippen LogP contribution < -0.4 is 5.32 Å². The minimum Gasteiger partial charge on any atom is -0.380 e.